The van der Waals surface area contributed by atoms with E-state index in [0.717, 1.165) is 25.5 Å². The van der Waals surface area contributed by atoms with Crippen LogP contribution in [0.5, 0.6) is 0 Å². The van der Waals surface area contributed by atoms with Gasteiger partial charge in [-0.2, -0.15) is 4.98 Å². The van der Waals surface area contributed by atoms with Crippen LogP contribution >= 0.6 is 0 Å². The Morgan fingerprint density at radius 2 is 2.24 bits per heavy atom. The number of aliphatic hydroxyl groups excluding tert-OH is 1. The van der Waals surface area contributed by atoms with Gasteiger partial charge in [-0.3, -0.25) is 10.1 Å². The molecule has 0 atom stereocenters. The average molecular weight is 241 g/mol. The molecule has 8 nitrogen and oxygen atoms in total. The highest BCUT2D eigenvalue weighted by Gasteiger charge is 2.15. The minimum Gasteiger partial charge on any atom is -0.396 e. The minimum atomic E-state index is -0.560. The van der Waals surface area contributed by atoms with E-state index in [4.69, 9.17) is 10.8 Å². The normalized spacial score (nSPS) is 10.2. The molecule has 4 N–H and O–H groups in total. The van der Waals surface area contributed by atoms with E-state index in [2.05, 4.69) is 15.3 Å². The second-order valence-electron chi connectivity index (χ2n) is 3.43. The van der Waals surface area contributed by atoms with Gasteiger partial charge in [0.1, 0.15) is 6.20 Å². The third kappa shape index (κ3) is 4.19. The summed E-state index contributed by atoms with van der Waals surface area (Å²) >= 11 is 0. The summed E-state index contributed by atoms with van der Waals surface area (Å²) in [5, 5.41) is 22.1. The van der Waals surface area contributed by atoms with E-state index in [1.165, 1.54) is 0 Å². The van der Waals surface area contributed by atoms with E-state index in [1.807, 2.05) is 0 Å². The van der Waals surface area contributed by atoms with E-state index < -0.39 is 4.92 Å². The van der Waals surface area contributed by atoms with Crippen LogP contribution in [0, 0.1) is 10.1 Å². The van der Waals surface area contributed by atoms with Crippen LogP contribution < -0.4 is 11.1 Å². The predicted molar refractivity (Wildman–Crippen MR) is 62.5 cm³/mol. The molecule has 8 heteroatoms. The van der Waals surface area contributed by atoms with Gasteiger partial charge in [-0.25, -0.2) is 4.98 Å². The lowest BCUT2D eigenvalue weighted by atomic mass is 10.2. The van der Waals surface area contributed by atoms with Crippen LogP contribution in [0.1, 0.15) is 19.3 Å². The summed E-state index contributed by atoms with van der Waals surface area (Å²) < 4.78 is 0. The van der Waals surface area contributed by atoms with Crippen molar-refractivity contribution in [1.29, 1.82) is 0 Å². The summed E-state index contributed by atoms with van der Waals surface area (Å²) in [4.78, 5) is 17.5. The lowest BCUT2D eigenvalue weighted by Gasteiger charge is -2.05. The molecular weight excluding hydrogens is 226 g/mol. The van der Waals surface area contributed by atoms with Crippen molar-refractivity contribution in [3.63, 3.8) is 0 Å². The summed E-state index contributed by atoms with van der Waals surface area (Å²) in [5.74, 6) is 0.125. The molecule has 1 aromatic heterocycles. The molecule has 1 heterocycles. The second-order valence-corrected chi connectivity index (χ2v) is 3.43. The zero-order valence-electron chi connectivity index (χ0n) is 9.30. The summed E-state index contributed by atoms with van der Waals surface area (Å²) in [7, 11) is 0. The first-order valence-corrected chi connectivity index (χ1v) is 5.26. The number of nitrogen functional groups attached to an aromatic ring is 1. The van der Waals surface area contributed by atoms with Gasteiger partial charge in [-0.1, -0.05) is 0 Å². The van der Waals surface area contributed by atoms with Crippen molar-refractivity contribution in [3.8, 4) is 0 Å². The lowest BCUT2D eigenvalue weighted by molar-refractivity contribution is -0.384. The molecule has 1 aromatic rings. The van der Waals surface area contributed by atoms with Crippen molar-refractivity contribution in [2.75, 3.05) is 24.2 Å². The van der Waals surface area contributed by atoms with Crippen molar-refractivity contribution in [1.82, 2.24) is 9.97 Å². The molecule has 0 saturated carbocycles. The summed E-state index contributed by atoms with van der Waals surface area (Å²) in [6.07, 6.45) is 3.44. The third-order valence-corrected chi connectivity index (χ3v) is 2.11. The molecule has 0 spiro atoms. The molecule has 0 aliphatic rings. The van der Waals surface area contributed by atoms with Crippen LogP contribution in [-0.4, -0.2) is 33.1 Å². The minimum absolute atomic E-state index is 0.00606. The monoisotopic (exact) mass is 241 g/mol. The Morgan fingerprint density at radius 3 is 2.88 bits per heavy atom. The maximum absolute atomic E-state index is 10.7. The number of nitrogens with one attached hydrogen (secondary N) is 1. The maximum Gasteiger partial charge on any atom is 0.329 e. The average Bonchev–Trinajstić information content (AvgIpc) is 2.28. The molecule has 0 aromatic carbocycles. The number of rotatable bonds is 7. The fraction of sp³-hybridized carbons (Fsp3) is 0.556. The summed E-state index contributed by atoms with van der Waals surface area (Å²) in [6, 6.07) is 0. The molecule has 17 heavy (non-hydrogen) atoms. The van der Waals surface area contributed by atoms with Crippen molar-refractivity contribution < 1.29 is 10.0 Å². The molecular formula is C9H15N5O3. The molecule has 0 saturated heterocycles. The van der Waals surface area contributed by atoms with Gasteiger partial charge in [0.25, 0.3) is 0 Å². The molecule has 1 rings (SSSR count). The summed E-state index contributed by atoms with van der Waals surface area (Å²) in [5.41, 5.74) is 5.17. The molecule has 94 valence electrons. The quantitative estimate of drug-likeness (QED) is 0.361. The number of nitrogens with two attached hydrogens (primary N) is 1. The Labute approximate surface area is 98.0 Å². The number of aromatic nitrogens is 2. The van der Waals surface area contributed by atoms with Gasteiger partial charge in [0.15, 0.2) is 0 Å². The zero-order chi connectivity index (χ0) is 12.7. The first kappa shape index (κ1) is 13.1. The van der Waals surface area contributed by atoms with Crippen LogP contribution in [0.2, 0.25) is 0 Å². The van der Waals surface area contributed by atoms with E-state index >= 15 is 0 Å². The van der Waals surface area contributed by atoms with Gasteiger partial charge in [0, 0.05) is 13.2 Å². The highest BCUT2D eigenvalue weighted by Crippen LogP contribution is 2.20. The SMILES string of the molecule is Nc1ncc([N+](=O)[O-])c(NCCCCCO)n1. The van der Waals surface area contributed by atoms with Gasteiger partial charge in [0.2, 0.25) is 11.8 Å². The first-order chi connectivity index (χ1) is 8.15. The van der Waals surface area contributed by atoms with Crippen LogP contribution in [-0.2, 0) is 0 Å². The Morgan fingerprint density at radius 1 is 1.47 bits per heavy atom. The Hall–Kier alpha value is -1.96. The lowest BCUT2D eigenvalue weighted by Crippen LogP contribution is -2.08. The van der Waals surface area contributed by atoms with Crippen molar-refractivity contribution in [2.24, 2.45) is 0 Å². The molecule has 0 aliphatic heterocycles. The molecule has 0 unspecified atom stereocenters. The Balaban J connectivity index is 2.56. The van der Waals surface area contributed by atoms with Gasteiger partial charge in [-0.15, -0.1) is 0 Å². The van der Waals surface area contributed by atoms with Crippen LogP contribution in [0.25, 0.3) is 0 Å². The van der Waals surface area contributed by atoms with Gasteiger partial charge in [-0.05, 0) is 19.3 Å². The molecule has 0 amide bonds. The van der Waals surface area contributed by atoms with Gasteiger partial charge >= 0.3 is 5.69 Å². The third-order valence-electron chi connectivity index (χ3n) is 2.11. The van der Waals surface area contributed by atoms with Crippen molar-refractivity contribution in [2.45, 2.75) is 19.3 Å². The van der Waals surface area contributed by atoms with Gasteiger partial charge in [0.05, 0.1) is 4.92 Å². The smallest absolute Gasteiger partial charge is 0.329 e. The fourth-order valence-electron chi connectivity index (χ4n) is 1.27. The van der Waals surface area contributed by atoms with E-state index in [-0.39, 0.29) is 24.1 Å². The molecule has 0 radical (unpaired) electrons. The van der Waals surface area contributed by atoms with E-state index in [1.54, 1.807) is 0 Å². The first-order valence-electron chi connectivity index (χ1n) is 5.26. The van der Waals surface area contributed by atoms with Crippen molar-refractivity contribution >= 4 is 17.5 Å². The Kier molecular flexibility index (Phi) is 5.08. The van der Waals surface area contributed by atoms with Crippen molar-refractivity contribution in [3.05, 3.63) is 16.3 Å². The van der Waals surface area contributed by atoms with Crippen LogP contribution in [0.15, 0.2) is 6.20 Å². The number of nitro groups is 1. The number of hydrogen-bond donors (Lipinski definition) is 3. The highest BCUT2D eigenvalue weighted by atomic mass is 16.6. The molecule has 0 fully saturated rings. The number of nitrogens with zero attached hydrogens (tertiary/aromatic N) is 3. The highest BCUT2D eigenvalue weighted by molar-refractivity contribution is 5.56. The van der Waals surface area contributed by atoms with E-state index in [0.29, 0.717) is 6.54 Å². The standard InChI is InChI=1S/C9H15N5O3/c10-9-12-6-7(14(16)17)8(13-9)11-4-2-1-3-5-15/h6,15H,1-5H2,(H3,10,11,12,13). The topological polar surface area (TPSA) is 127 Å². The van der Waals surface area contributed by atoms with Crippen LogP contribution in [0.3, 0.4) is 0 Å². The number of anilines is 2. The van der Waals surface area contributed by atoms with Gasteiger partial charge < -0.3 is 16.2 Å². The fourth-order valence-corrected chi connectivity index (χ4v) is 1.27. The largest absolute Gasteiger partial charge is 0.396 e. The maximum atomic E-state index is 10.7. The molecule has 0 aliphatic carbocycles. The second kappa shape index (κ2) is 6.59. The Bertz CT molecular complexity index is 385. The number of unbranched alkanes of at least 4 members (excludes halogenated alkanes) is 2. The summed E-state index contributed by atoms with van der Waals surface area (Å²) in [6.45, 7) is 0.692. The van der Waals surface area contributed by atoms with Crippen LogP contribution in [0.4, 0.5) is 17.5 Å². The zero-order valence-corrected chi connectivity index (χ0v) is 9.30. The number of aliphatic hydroxyl groups is 1. The molecule has 0 bridgehead atoms. The number of hydrogen-bond acceptors (Lipinski definition) is 7. The predicted octanol–water partition coefficient (Wildman–Crippen LogP) is 0.541. The van der Waals surface area contributed by atoms with E-state index in [9.17, 15) is 10.1 Å².